The minimum Gasteiger partial charge on any atom is -0.239 e. The van der Waals surface area contributed by atoms with Crippen LogP contribution in [-0.2, 0) is 9.68 Å². The predicted octanol–water partition coefficient (Wildman–Crippen LogP) is 9.32. The summed E-state index contributed by atoms with van der Waals surface area (Å²) < 4.78 is 0. The molecule has 1 saturated heterocycles. The van der Waals surface area contributed by atoms with Gasteiger partial charge in [0.05, 0.1) is 17.3 Å². The molecule has 0 atom stereocenters. The fourth-order valence-electron chi connectivity index (χ4n) is 5.33. The SMILES string of the molecule is CC1(C)ON(c2ccc(-c3nc(-c4cccc(C#N)c4)nc(-c4cc(-c5ccccc5)cc(-c5ccccc5)c4)n3)cc2)OC1(C)C. The van der Waals surface area contributed by atoms with Crippen LogP contribution in [0.15, 0.2) is 127 Å². The lowest BCUT2D eigenvalue weighted by molar-refractivity contribution is -0.0273. The van der Waals surface area contributed by atoms with Crippen LogP contribution in [0.3, 0.4) is 0 Å². The van der Waals surface area contributed by atoms with Crippen LogP contribution >= 0.6 is 0 Å². The van der Waals surface area contributed by atoms with Gasteiger partial charge in [-0.05, 0) is 105 Å². The Morgan fingerprint density at radius 2 is 0.957 bits per heavy atom. The molecule has 7 heteroatoms. The van der Waals surface area contributed by atoms with E-state index < -0.39 is 11.2 Å². The van der Waals surface area contributed by atoms with Crippen LogP contribution < -0.4 is 5.23 Å². The third-order valence-corrected chi connectivity index (χ3v) is 8.70. The average Bonchev–Trinajstić information content (AvgIpc) is 3.34. The van der Waals surface area contributed by atoms with E-state index in [0.717, 1.165) is 44.6 Å². The van der Waals surface area contributed by atoms with Crippen molar-refractivity contribution in [2.45, 2.75) is 38.9 Å². The van der Waals surface area contributed by atoms with Crippen LogP contribution in [0.5, 0.6) is 0 Å². The van der Waals surface area contributed by atoms with Gasteiger partial charge >= 0.3 is 0 Å². The zero-order chi connectivity index (χ0) is 32.6. The van der Waals surface area contributed by atoms with Crippen LogP contribution in [0, 0.1) is 11.3 Å². The molecule has 0 unspecified atom stereocenters. The van der Waals surface area contributed by atoms with Crippen molar-refractivity contribution in [2.24, 2.45) is 0 Å². The smallest absolute Gasteiger partial charge is 0.164 e. The number of anilines is 1. The molecular weight excluding hydrogens is 582 g/mol. The van der Waals surface area contributed by atoms with Gasteiger partial charge in [-0.15, -0.1) is 5.23 Å². The van der Waals surface area contributed by atoms with Crippen LogP contribution in [0.2, 0.25) is 0 Å². The van der Waals surface area contributed by atoms with Crippen molar-refractivity contribution in [3.05, 3.63) is 133 Å². The fourth-order valence-corrected chi connectivity index (χ4v) is 5.33. The first kappa shape index (κ1) is 30.0. The van der Waals surface area contributed by atoms with E-state index in [-0.39, 0.29) is 0 Å². The number of nitrogens with zero attached hydrogens (tertiary/aromatic N) is 5. The van der Waals surface area contributed by atoms with Crippen molar-refractivity contribution < 1.29 is 9.68 Å². The monoisotopic (exact) mass is 615 g/mol. The number of hydrogen-bond acceptors (Lipinski definition) is 7. The van der Waals surface area contributed by atoms with Gasteiger partial charge in [0.15, 0.2) is 17.5 Å². The molecule has 0 saturated carbocycles. The standard InChI is InChI=1S/C40H33N5O2/c1-39(2)40(3,4)47-45(46-39)35-20-18-30(19-21-35)36-42-37(31-17-11-12-27(22-31)26-41)44-38(43-36)34-24-32(28-13-7-5-8-14-28)23-33(25-34)29-15-9-6-10-16-29/h5-25H,1-4H3. The van der Waals surface area contributed by atoms with Gasteiger partial charge in [-0.1, -0.05) is 72.8 Å². The first-order valence-corrected chi connectivity index (χ1v) is 15.5. The number of hydrogen-bond donors (Lipinski definition) is 0. The van der Waals surface area contributed by atoms with E-state index in [4.69, 9.17) is 24.6 Å². The van der Waals surface area contributed by atoms with Gasteiger partial charge in [0, 0.05) is 16.7 Å². The lowest BCUT2D eigenvalue weighted by Crippen LogP contribution is -2.41. The molecule has 0 aliphatic carbocycles. The van der Waals surface area contributed by atoms with Gasteiger partial charge in [-0.25, -0.2) is 24.6 Å². The fraction of sp³-hybridized carbons (Fsp3) is 0.150. The molecule has 6 aromatic rings. The van der Waals surface area contributed by atoms with Gasteiger partial charge in [0.25, 0.3) is 0 Å². The second kappa shape index (κ2) is 11.9. The number of rotatable bonds is 6. The Bertz CT molecular complexity index is 2030. The van der Waals surface area contributed by atoms with Crippen molar-refractivity contribution in [2.75, 3.05) is 5.23 Å². The molecule has 230 valence electrons. The van der Waals surface area contributed by atoms with Crippen LogP contribution in [0.4, 0.5) is 5.69 Å². The molecule has 47 heavy (non-hydrogen) atoms. The van der Waals surface area contributed by atoms with E-state index in [0.29, 0.717) is 23.0 Å². The molecule has 0 bridgehead atoms. The maximum Gasteiger partial charge on any atom is 0.164 e. The summed E-state index contributed by atoms with van der Waals surface area (Å²) in [6.45, 7) is 8.03. The Labute approximate surface area is 274 Å². The second-order valence-electron chi connectivity index (χ2n) is 12.5. The highest BCUT2D eigenvalue weighted by molar-refractivity contribution is 5.80. The molecule has 0 amide bonds. The topological polar surface area (TPSA) is 84.2 Å². The third kappa shape index (κ3) is 6.00. The average molecular weight is 616 g/mol. The maximum absolute atomic E-state index is 9.60. The first-order valence-electron chi connectivity index (χ1n) is 15.5. The first-order chi connectivity index (χ1) is 22.7. The molecule has 0 N–H and O–H groups in total. The van der Waals surface area contributed by atoms with Crippen molar-refractivity contribution in [3.8, 4) is 62.5 Å². The number of nitriles is 1. The summed E-state index contributed by atoms with van der Waals surface area (Å²) in [7, 11) is 0. The van der Waals surface area contributed by atoms with E-state index in [1.54, 1.807) is 12.1 Å². The predicted molar refractivity (Wildman–Crippen MR) is 185 cm³/mol. The van der Waals surface area contributed by atoms with Crippen LogP contribution in [-0.4, -0.2) is 26.2 Å². The number of benzene rings is 5. The summed E-state index contributed by atoms with van der Waals surface area (Å²) in [4.78, 5) is 27.1. The molecule has 0 radical (unpaired) electrons. The number of aromatic nitrogens is 3. The van der Waals surface area contributed by atoms with E-state index in [9.17, 15) is 5.26 Å². The molecule has 5 aromatic carbocycles. The molecule has 7 rings (SSSR count). The Morgan fingerprint density at radius 1 is 0.489 bits per heavy atom. The Morgan fingerprint density at radius 3 is 1.49 bits per heavy atom. The summed E-state index contributed by atoms with van der Waals surface area (Å²) >= 11 is 0. The largest absolute Gasteiger partial charge is 0.239 e. The minimum atomic E-state index is -0.505. The minimum absolute atomic E-state index is 0.479. The molecular formula is C40H33N5O2. The maximum atomic E-state index is 9.60. The van der Waals surface area contributed by atoms with E-state index in [2.05, 4.69) is 48.5 Å². The zero-order valence-corrected chi connectivity index (χ0v) is 26.7. The molecule has 1 aromatic heterocycles. The van der Waals surface area contributed by atoms with Gasteiger partial charge in [0.2, 0.25) is 0 Å². The van der Waals surface area contributed by atoms with Gasteiger partial charge in [-0.2, -0.15) is 5.26 Å². The molecule has 7 nitrogen and oxygen atoms in total. The normalized spacial score (nSPS) is 14.9. The molecule has 1 fully saturated rings. The zero-order valence-electron chi connectivity index (χ0n) is 26.7. The summed E-state index contributed by atoms with van der Waals surface area (Å²) in [6.07, 6.45) is 0. The molecule has 0 spiro atoms. The lowest BCUT2D eigenvalue weighted by Gasteiger charge is -2.26. The highest BCUT2D eigenvalue weighted by atomic mass is 17.0. The summed E-state index contributed by atoms with van der Waals surface area (Å²) in [5.74, 6) is 1.52. The molecule has 1 aliphatic rings. The van der Waals surface area contributed by atoms with Crippen LogP contribution in [0.25, 0.3) is 56.4 Å². The Balaban J connectivity index is 1.36. The van der Waals surface area contributed by atoms with Crippen LogP contribution in [0.1, 0.15) is 33.3 Å². The van der Waals surface area contributed by atoms with E-state index in [1.807, 2.05) is 100 Å². The van der Waals surface area contributed by atoms with Crippen molar-refractivity contribution in [3.63, 3.8) is 0 Å². The van der Waals surface area contributed by atoms with Crippen molar-refractivity contribution in [1.82, 2.24) is 15.0 Å². The van der Waals surface area contributed by atoms with Crippen molar-refractivity contribution in [1.29, 1.82) is 5.26 Å². The summed E-state index contributed by atoms with van der Waals surface area (Å²) in [5.41, 5.74) is 6.96. The second-order valence-corrected chi connectivity index (χ2v) is 12.5. The quantitative estimate of drug-likeness (QED) is 0.185. The van der Waals surface area contributed by atoms with Crippen molar-refractivity contribution >= 4 is 5.69 Å². The lowest BCUT2D eigenvalue weighted by atomic mass is 9.90. The van der Waals surface area contributed by atoms with E-state index in [1.165, 1.54) is 5.23 Å². The van der Waals surface area contributed by atoms with Gasteiger partial charge < -0.3 is 0 Å². The third-order valence-electron chi connectivity index (χ3n) is 8.70. The Kier molecular flexibility index (Phi) is 7.61. The van der Waals surface area contributed by atoms with Gasteiger partial charge in [-0.3, -0.25) is 0 Å². The molecule has 1 aliphatic heterocycles. The summed E-state index contributed by atoms with van der Waals surface area (Å²) in [5, 5.41) is 11.1. The summed E-state index contributed by atoms with van der Waals surface area (Å²) in [6, 6.07) is 44.3. The van der Waals surface area contributed by atoms with Gasteiger partial charge in [0.1, 0.15) is 11.2 Å². The highest BCUT2D eigenvalue weighted by Crippen LogP contribution is 2.40. The highest BCUT2D eigenvalue weighted by Gasteiger charge is 2.50. The molecule has 2 heterocycles. The van der Waals surface area contributed by atoms with E-state index >= 15 is 0 Å². The Hall–Kier alpha value is -5.68.